The van der Waals surface area contributed by atoms with Gasteiger partial charge in [0.2, 0.25) is 0 Å². The van der Waals surface area contributed by atoms with Crippen molar-refractivity contribution in [3.8, 4) is 6.07 Å². The van der Waals surface area contributed by atoms with Crippen LogP contribution in [0.4, 0.5) is 0 Å². The summed E-state index contributed by atoms with van der Waals surface area (Å²) in [6.07, 6.45) is 0. The van der Waals surface area contributed by atoms with E-state index in [0.29, 0.717) is 10.0 Å². The Morgan fingerprint density at radius 2 is 2.29 bits per heavy atom. The van der Waals surface area contributed by atoms with Crippen LogP contribution in [0.1, 0.15) is 21.5 Å². The standard InChI is InChI=1S/C9H5BrClNO2/c10-6-1-5(4-12)8(3-11)7(2-6)9(13)14/h1-2H,3H2,(H,13,14). The van der Waals surface area contributed by atoms with E-state index in [1.54, 1.807) is 6.07 Å². The number of hydrogen-bond acceptors (Lipinski definition) is 2. The zero-order valence-corrected chi connectivity index (χ0v) is 9.26. The van der Waals surface area contributed by atoms with E-state index in [9.17, 15) is 4.79 Å². The lowest BCUT2D eigenvalue weighted by Gasteiger charge is -2.05. The predicted molar refractivity (Wildman–Crippen MR) is 55.4 cm³/mol. The Labute approximate surface area is 94.0 Å². The lowest BCUT2D eigenvalue weighted by Crippen LogP contribution is -2.03. The van der Waals surface area contributed by atoms with Gasteiger partial charge in [0.05, 0.1) is 17.2 Å². The van der Waals surface area contributed by atoms with Crippen molar-refractivity contribution in [2.45, 2.75) is 5.88 Å². The zero-order valence-electron chi connectivity index (χ0n) is 6.92. The van der Waals surface area contributed by atoms with Crippen LogP contribution >= 0.6 is 27.5 Å². The Morgan fingerprint density at radius 1 is 1.64 bits per heavy atom. The van der Waals surface area contributed by atoms with Gasteiger partial charge in [0.15, 0.2) is 0 Å². The van der Waals surface area contributed by atoms with Gasteiger partial charge < -0.3 is 5.11 Å². The fraction of sp³-hybridized carbons (Fsp3) is 0.111. The molecule has 0 amide bonds. The van der Waals surface area contributed by atoms with Gasteiger partial charge in [-0.1, -0.05) is 15.9 Å². The molecule has 0 aliphatic rings. The van der Waals surface area contributed by atoms with Gasteiger partial charge in [-0.2, -0.15) is 5.26 Å². The zero-order chi connectivity index (χ0) is 10.7. The number of carbonyl (C=O) groups is 1. The molecular formula is C9H5BrClNO2. The maximum absolute atomic E-state index is 10.8. The molecule has 0 aliphatic heterocycles. The summed E-state index contributed by atoms with van der Waals surface area (Å²) in [6.45, 7) is 0. The van der Waals surface area contributed by atoms with Crippen LogP contribution in [0, 0.1) is 11.3 Å². The topological polar surface area (TPSA) is 61.1 Å². The van der Waals surface area contributed by atoms with Crippen LogP contribution in [-0.2, 0) is 5.88 Å². The number of aromatic carboxylic acids is 1. The van der Waals surface area contributed by atoms with Crippen LogP contribution in [0.25, 0.3) is 0 Å². The molecule has 0 saturated heterocycles. The summed E-state index contributed by atoms with van der Waals surface area (Å²) >= 11 is 8.71. The van der Waals surface area contributed by atoms with Crippen LogP contribution < -0.4 is 0 Å². The summed E-state index contributed by atoms with van der Waals surface area (Å²) < 4.78 is 0.556. The molecule has 1 aromatic rings. The monoisotopic (exact) mass is 273 g/mol. The molecule has 0 aromatic heterocycles. The molecule has 0 bridgehead atoms. The average Bonchev–Trinajstić information content (AvgIpc) is 2.16. The Kier molecular flexibility index (Phi) is 3.50. The molecule has 0 unspecified atom stereocenters. The van der Waals surface area contributed by atoms with E-state index in [0.717, 1.165) is 0 Å². The highest BCUT2D eigenvalue weighted by Gasteiger charge is 2.14. The number of carboxylic acid groups (broad SMARTS) is 1. The minimum absolute atomic E-state index is 0.0117. The molecule has 0 heterocycles. The van der Waals surface area contributed by atoms with Gasteiger partial charge in [-0.15, -0.1) is 11.6 Å². The van der Waals surface area contributed by atoms with Crippen molar-refractivity contribution in [2.24, 2.45) is 0 Å². The summed E-state index contributed by atoms with van der Waals surface area (Å²) in [6, 6.07) is 4.88. The fourth-order valence-electron chi connectivity index (χ4n) is 1.07. The smallest absolute Gasteiger partial charge is 0.336 e. The highest BCUT2D eigenvalue weighted by atomic mass is 79.9. The highest BCUT2D eigenvalue weighted by Crippen LogP contribution is 2.22. The molecular weight excluding hydrogens is 269 g/mol. The Balaban J connectivity index is 3.49. The Bertz CT molecular complexity index is 426. The maximum Gasteiger partial charge on any atom is 0.336 e. The highest BCUT2D eigenvalue weighted by molar-refractivity contribution is 9.10. The number of halogens is 2. The van der Waals surface area contributed by atoms with Gasteiger partial charge in [-0.25, -0.2) is 4.79 Å². The minimum atomic E-state index is -1.08. The molecule has 3 nitrogen and oxygen atoms in total. The van der Waals surface area contributed by atoms with Gasteiger partial charge >= 0.3 is 5.97 Å². The fourth-order valence-corrected chi connectivity index (χ4v) is 1.82. The first-order valence-corrected chi connectivity index (χ1v) is 4.94. The first-order chi connectivity index (χ1) is 6.60. The van der Waals surface area contributed by atoms with Gasteiger partial charge in [-0.3, -0.25) is 0 Å². The molecule has 1 N–H and O–H groups in total. The molecule has 72 valence electrons. The second-order valence-electron chi connectivity index (χ2n) is 2.53. The number of benzene rings is 1. The van der Waals surface area contributed by atoms with Crippen molar-refractivity contribution in [1.82, 2.24) is 0 Å². The van der Waals surface area contributed by atoms with Crippen molar-refractivity contribution < 1.29 is 9.90 Å². The number of nitriles is 1. The average molecular weight is 275 g/mol. The van der Waals surface area contributed by atoms with Gasteiger partial charge in [0.1, 0.15) is 0 Å². The van der Waals surface area contributed by atoms with E-state index < -0.39 is 5.97 Å². The Hall–Kier alpha value is -1.05. The van der Waals surface area contributed by atoms with E-state index >= 15 is 0 Å². The molecule has 0 aliphatic carbocycles. The first kappa shape index (κ1) is 11.0. The van der Waals surface area contributed by atoms with E-state index in [4.69, 9.17) is 22.0 Å². The van der Waals surface area contributed by atoms with Crippen molar-refractivity contribution in [1.29, 1.82) is 5.26 Å². The first-order valence-electron chi connectivity index (χ1n) is 3.62. The number of carboxylic acids is 1. The molecule has 14 heavy (non-hydrogen) atoms. The van der Waals surface area contributed by atoms with Crippen LogP contribution in [0.5, 0.6) is 0 Å². The summed E-state index contributed by atoms with van der Waals surface area (Å²) in [5.41, 5.74) is 0.697. The van der Waals surface area contributed by atoms with Crippen LogP contribution in [0.15, 0.2) is 16.6 Å². The Morgan fingerprint density at radius 3 is 2.71 bits per heavy atom. The van der Waals surface area contributed by atoms with E-state index in [1.807, 2.05) is 6.07 Å². The van der Waals surface area contributed by atoms with Gasteiger partial charge in [0, 0.05) is 10.4 Å². The molecule has 0 saturated carbocycles. The van der Waals surface area contributed by atoms with Gasteiger partial charge in [-0.05, 0) is 17.7 Å². The normalized spacial score (nSPS) is 9.50. The third-order valence-electron chi connectivity index (χ3n) is 1.70. The third kappa shape index (κ3) is 2.06. The number of alkyl halides is 1. The second kappa shape index (κ2) is 4.45. The number of nitrogens with zero attached hydrogens (tertiary/aromatic N) is 1. The van der Waals surface area contributed by atoms with E-state index in [1.165, 1.54) is 6.07 Å². The quantitative estimate of drug-likeness (QED) is 0.844. The number of rotatable bonds is 2. The summed E-state index contributed by atoms with van der Waals surface area (Å²) in [4.78, 5) is 10.8. The molecule has 0 fully saturated rings. The second-order valence-corrected chi connectivity index (χ2v) is 3.71. The van der Waals surface area contributed by atoms with Crippen molar-refractivity contribution in [2.75, 3.05) is 0 Å². The van der Waals surface area contributed by atoms with Crippen molar-refractivity contribution in [3.63, 3.8) is 0 Å². The van der Waals surface area contributed by atoms with Crippen LogP contribution in [0.2, 0.25) is 0 Å². The largest absolute Gasteiger partial charge is 0.478 e. The summed E-state index contributed by atoms with van der Waals surface area (Å²) in [7, 11) is 0. The lowest BCUT2D eigenvalue weighted by atomic mass is 10.0. The molecule has 0 atom stereocenters. The predicted octanol–water partition coefficient (Wildman–Crippen LogP) is 2.76. The summed E-state index contributed by atoms with van der Waals surface area (Å²) in [5.74, 6) is -1.07. The molecule has 0 radical (unpaired) electrons. The van der Waals surface area contributed by atoms with Crippen LogP contribution in [-0.4, -0.2) is 11.1 Å². The molecule has 1 rings (SSSR count). The van der Waals surface area contributed by atoms with Crippen molar-refractivity contribution in [3.05, 3.63) is 33.3 Å². The molecule has 5 heteroatoms. The lowest BCUT2D eigenvalue weighted by molar-refractivity contribution is 0.0696. The van der Waals surface area contributed by atoms with E-state index in [2.05, 4.69) is 15.9 Å². The maximum atomic E-state index is 10.8. The van der Waals surface area contributed by atoms with Crippen molar-refractivity contribution >= 4 is 33.5 Å². The minimum Gasteiger partial charge on any atom is -0.478 e. The third-order valence-corrected chi connectivity index (χ3v) is 2.42. The summed E-state index contributed by atoms with van der Waals surface area (Å²) in [5, 5.41) is 17.6. The van der Waals surface area contributed by atoms with E-state index in [-0.39, 0.29) is 17.0 Å². The molecule has 0 spiro atoms. The molecule has 1 aromatic carbocycles. The SMILES string of the molecule is N#Cc1cc(Br)cc(C(=O)O)c1CCl. The van der Waals surface area contributed by atoms with Crippen LogP contribution in [0.3, 0.4) is 0 Å². The van der Waals surface area contributed by atoms with Gasteiger partial charge in [0.25, 0.3) is 0 Å². The number of hydrogen-bond donors (Lipinski definition) is 1.